The van der Waals surface area contributed by atoms with Crippen molar-refractivity contribution in [3.05, 3.63) is 41.5 Å². The van der Waals surface area contributed by atoms with Crippen LogP contribution in [0.4, 0.5) is 0 Å². The average Bonchev–Trinajstić information content (AvgIpc) is 3.14. The van der Waals surface area contributed by atoms with Crippen LogP contribution in [0.2, 0.25) is 0 Å². The van der Waals surface area contributed by atoms with Crippen LogP contribution in [0.5, 0.6) is 5.75 Å². The molecule has 2 heterocycles. The van der Waals surface area contributed by atoms with Crippen LogP contribution < -0.4 is 15.4 Å². The lowest BCUT2D eigenvalue weighted by atomic mass is 10.00. The molecule has 0 aliphatic carbocycles. The summed E-state index contributed by atoms with van der Waals surface area (Å²) in [4.78, 5) is 16.4. The highest BCUT2D eigenvalue weighted by Crippen LogP contribution is 2.14. The zero-order chi connectivity index (χ0) is 17.5. The number of ether oxygens (including phenoxy) is 1. The van der Waals surface area contributed by atoms with Crippen LogP contribution in [0.25, 0.3) is 0 Å². The molecule has 8 heteroatoms. The molecule has 1 aromatic heterocycles. The maximum atomic E-state index is 12.2. The van der Waals surface area contributed by atoms with Gasteiger partial charge in [-0.2, -0.15) is 4.98 Å². The highest BCUT2D eigenvalue weighted by molar-refractivity contribution is 5.94. The van der Waals surface area contributed by atoms with Gasteiger partial charge in [0.25, 0.3) is 5.91 Å². The Kier molecular flexibility index (Phi) is 7.87. The molecule has 3 rings (SSSR count). The summed E-state index contributed by atoms with van der Waals surface area (Å²) in [7, 11) is 0. The van der Waals surface area contributed by atoms with E-state index in [1.807, 2.05) is 6.92 Å². The van der Waals surface area contributed by atoms with E-state index in [-0.39, 0.29) is 24.9 Å². The average molecular weight is 381 g/mol. The van der Waals surface area contributed by atoms with Gasteiger partial charge in [0.2, 0.25) is 11.7 Å². The van der Waals surface area contributed by atoms with E-state index in [1.165, 1.54) is 6.42 Å². The molecule has 1 unspecified atom stereocenters. The number of benzene rings is 1. The number of piperidine rings is 1. The lowest BCUT2D eigenvalue weighted by Crippen LogP contribution is -2.38. The third-order valence-electron chi connectivity index (χ3n) is 4.25. The van der Waals surface area contributed by atoms with Crippen molar-refractivity contribution in [3.63, 3.8) is 0 Å². The van der Waals surface area contributed by atoms with E-state index < -0.39 is 0 Å². The molecule has 1 fully saturated rings. The molecule has 1 amide bonds. The fraction of sp³-hybridized carbons (Fsp3) is 0.500. The van der Waals surface area contributed by atoms with E-state index in [0.717, 1.165) is 19.5 Å². The number of halogens is 1. The summed E-state index contributed by atoms with van der Waals surface area (Å²) in [6.45, 7) is 4.95. The van der Waals surface area contributed by atoms with Gasteiger partial charge in [-0.3, -0.25) is 4.79 Å². The Labute approximate surface area is 159 Å². The van der Waals surface area contributed by atoms with E-state index in [9.17, 15) is 4.79 Å². The number of carbonyl (C=O) groups is 1. The van der Waals surface area contributed by atoms with Crippen LogP contribution in [-0.4, -0.2) is 35.7 Å². The van der Waals surface area contributed by atoms with Crippen molar-refractivity contribution >= 4 is 18.3 Å². The Morgan fingerprint density at radius 1 is 1.38 bits per heavy atom. The minimum absolute atomic E-state index is 0. The van der Waals surface area contributed by atoms with Gasteiger partial charge < -0.3 is 19.9 Å². The van der Waals surface area contributed by atoms with E-state index in [1.54, 1.807) is 24.3 Å². The number of nitrogens with one attached hydrogen (secondary N) is 2. The number of nitrogens with zero attached hydrogens (tertiary/aromatic N) is 2. The van der Waals surface area contributed by atoms with E-state index in [2.05, 4.69) is 20.8 Å². The second kappa shape index (κ2) is 10.1. The van der Waals surface area contributed by atoms with Crippen LogP contribution in [0.15, 0.2) is 28.8 Å². The third kappa shape index (κ3) is 5.71. The summed E-state index contributed by atoms with van der Waals surface area (Å²) in [6.07, 6.45) is 3.04. The molecule has 1 aliphatic heterocycles. The van der Waals surface area contributed by atoms with E-state index in [0.29, 0.717) is 41.9 Å². The van der Waals surface area contributed by atoms with Crippen LogP contribution in [-0.2, 0) is 13.0 Å². The molecule has 26 heavy (non-hydrogen) atoms. The summed E-state index contributed by atoms with van der Waals surface area (Å²) in [5.41, 5.74) is 0.629. The lowest BCUT2D eigenvalue weighted by molar-refractivity contribution is 0.0945. The third-order valence-corrected chi connectivity index (χ3v) is 4.25. The van der Waals surface area contributed by atoms with Crippen LogP contribution in [0.1, 0.15) is 41.8 Å². The number of hydrogen-bond donors (Lipinski definition) is 2. The van der Waals surface area contributed by atoms with Gasteiger partial charge in [-0.15, -0.1) is 12.4 Å². The maximum Gasteiger partial charge on any atom is 0.251 e. The summed E-state index contributed by atoms with van der Waals surface area (Å²) in [5.74, 6) is 2.24. The fourth-order valence-electron chi connectivity index (χ4n) is 2.78. The van der Waals surface area contributed by atoms with Crippen molar-refractivity contribution < 1.29 is 14.1 Å². The monoisotopic (exact) mass is 380 g/mol. The minimum atomic E-state index is -0.0529. The van der Waals surface area contributed by atoms with Crippen LogP contribution in [0.3, 0.4) is 0 Å². The molecule has 0 saturated carbocycles. The van der Waals surface area contributed by atoms with Gasteiger partial charge in [-0.25, -0.2) is 0 Å². The smallest absolute Gasteiger partial charge is 0.251 e. The molecule has 1 aliphatic rings. The van der Waals surface area contributed by atoms with Crippen molar-refractivity contribution in [1.82, 2.24) is 20.8 Å². The molecule has 0 spiro atoms. The second-order valence-electron chi connectivity index (χ2n) is 6.19. The SMILES string of the molecule is CCc1nc(COc2ccc(C(=O)NCC3CCCNC3)cc2)no1.Cl. The largest absolute Gasteiger partial charge is 0.485 e. The van der Waals surface area contributed by atoms with Crippen molar-refractivity contribution in [1.29, 1.82) is 0 Å². The number of aromatic nitrogens is 2. The fourth-order valence-corrected chi connectivity index (χ4v) is 2.78. The normalized spacial score (nSPS) is 16.6. The number of amides is 1. The Morgan fingerprint density at radius 2 is 2.19 bits per heavy atom. The predicted molar refractivity (Wildman–Crippen MR) is 99.6 cm³/mol. The number of hydrogen-bond acceptors (Lipinski definition) is 6. The summed E-state index contributed by atoms with van der Waals surface area (Å²) < 4.78 is 10.6. The molecule has 2 N–H and O–H groups in total. The Morgan fingerprint density at radius 3 is 2.85 bits per heavy atom. The van der Waals surface area contributed by atoms with Crippen molar-refractivity contribution in [2.24, 2.45) is 5.92 Å². The first-order valence-corrected chi connectivity index (χ1v) is 8.78. The van der Waals surface area contributed by atoms with Crippen molar-refractivity contribution in [2.75, 3.05) is 19.6 Å². The Bertz CT molecular complexity index is 684. The van der Waals surface area contributed by atoms with Crippen LogP contribution >= 0.6 is 12.4 Å². The topological polar surface area (TPSA) is 89.3 Å². The molecule has 0 bridgehead atoms. The predicted octanol–water partition coefficient (Wildman–Crippen LogP) is 2.36. The van der Waals surface area contributed by atoms with Gasteiger partial charge in [-0.1, -0.05) is 12.1 Å². The molecule has 1 saturated heterocycles. The number of carbonyl (C=O) groups excluding carboxylic acids is 1. The Hall–Kier alpha value is -2.12. The minimum Gasteiger partial charge on any atom is -0.485 e. The first kappa shape index (κ1) is 20.2. The molecule has 1 atom stereocenters. The molecule has 0 radical (unpaired) electrons. The second-order valence-corrected chi connectivity index (χ2v) is 6.19. The summed E-state index contributed by atoms with van der Waals surface area (Å²) in [6, 6.07) is 7.07. The summed E-state index contributed by atoms with van der Waals surface area (Å²) in [5, 5.41) is 10.2. The summed E-state index contributed by atoms with van der Waals surface area (Å²) >= 11 is 0. The molecule has 1 aromatic carbocycles. The molecule has 7 nitrogen and oxygen atoms in total. The maximum absolute atomic E-state index is 12.2. The van der Waals surface area contributed by atoms with Gasteiger partial charge in [0.05, 0.1) is 0 Å². The van der Waals surface area contributed by atoms with E-state index >= 15 is 0 Å². The van der Waals surface area contributed by atoms with Crippen molar-refractivity contribution in [2.45, 2.75) is 32.8 Å². The Balaban J connectivity index is 0.00000243. The molecule has 142 valence electrons. The van der Waals surface area contributed by atoms with Gasteiger partial charge in [0, 0.05) is 18.5 Å². The standard InChI is InChI=1S/C18H24N4O3.ClH/c1-2-17-21-16(22-25-17)12-24-15-7-5-14(6-8-15)18(23)20-11-13-4-3-9-19-10-13;/h5-8,13,19H,2-4,9-12H2,1H3,(H,20,23);1H. The number of rotatable bonds is 7. The van der Waals surface area contributed by atoms with Gasteiger partial charge in [0.15, 0.2) is 6.61 Å². The zero-order valence-corrected chi connectivity index (χ0v) is 15.7. The van der Waals surface area contributed by atoms with Gasteiger partial charge in [-0.05, 0) is 56.1 Å². The molecule has 2 aromatic rings. The highest BCUT2D eigenvalue weighted by Gasteiger charge is 2.14. The van der Waals surface area contributed by atoms with Crippen molar-refractivity contribution in [3.8, 4) is 5.75 Å². The van der Waals surface area contributed by atoms with Crippen LogP contribution in [0, 0.1) is 5.92 Å². The van der Waals surface area contributed by atoms with Gasteiger partial charge in [0.1, 0.15) is 5.75 Å². The highest BCUT2D eigenvalue weighted by atomic mass is 35.5. The number of aryl methyl sites for hydroxylation is 1. The molecular weight excluding hydrogens is 356 g/mol. The molecular formula is C18H25ClN4O3. The quantitative estimate of drug-likeness (QED) is 0.766. The first-order chi connectivity index (χ1) is 12.2. The zero-order valence-electron chi connectivity index (χ0n) is 14.9. The lowest BCUT2D eigenvalue weighted by Gasteiger charge is -2.22. The van der Waals surface area contributed by atoms with E-state index in [4.69, 9.17) is 9.26 Å². The van der Waals surface area contributed by atoms with Gasteiger partial charge >= 0.3 is 0 Å². The first-order valence-electron chi connectivity index (χ1n) is 8.78.